The van der Waals surface area contributed by atoms with Crippen LogP contribution in [-0.2, 0) is 11.3 Å². The number of nitrogens with one attached hydrogen (secondary N) is 2. The molecule has 0 bridgehead atoms. The quantitative estimate of drug-likeness (QED) is 0.856. The number of hydrogen-bond donors (Lipinski definition) is 2. The molecule has 0 aliphatic carbocycles. The Morgan fingerprint density at radius 1 is 1.28 bits per heavy atom. The number of piperidine rings is 1. The van der Waals surface area contributed by atoms with Gasteiger partial charge in [-0.3, -0.25) is 4.79 Å². The van der Waals surface area contributed by atoms with Crippen molar-refractivity contribution in [3.8, 4) is 0 Å². The van der Waals surface area contributed by atoms with Crippen LogP contribution in [0.3, 0.4) is 0 Å². The van der Waals surface area contributed by atoms with Crippen LogP contribution in [0.1, 0.15) is 35.1 Å². The highest BCUT2D eigenvalue weighted by molar-refractivity contribution is 5.82. The molecule has 0 aromatic heterocycles. The molecule has 1 heterocycles. The van der Waals surface area contributed by atoms with Crippen LogP contribution in [0.4, 0.5) is 0 Å². The van der Waals surface area contributed by atoms with E-state index in [1.165, 1.54) is 22.3 Å². The second-order valence-electron chi connectivity index (χ2n) is 5.24. The van der Waals surface area contributed by atoms with Gasteiger partial charge in [0.05, 0.1) is 6.04 Å². The van der Waals surface area contributed by atoms with Crippen molar-refractivity contribution >= 4 is 5.91 Å². The molecule has 1 unspecified atom stereocenters. The second kappa shape index (κ2) is 5.53. The van der Waals surface area contributed by atoms with Gasteiger partial charge in [-0.15, -0.1) is 0 Å². The minimum absolute atomic E-state index is 0.0288. The summed E-state index contributed by atoms with van der Waals surface area (Å²) in [6.07, 6.45) is 2.01. The minimum Gasteiger partial charge on any atom is -0.355 e. The van der Waals surface area contributed by atoms with E-state index < -0.39 is 0 Å². The lowest BCUT2D eigenvalue weighted by Gasteiger charge is -2.23. The molecule has 2 N–H and O–H groups in total. The zero-order valence-electron chi connectivity index (χ0n) is 11.5. The Kier molecular flexibility index (Phi) is 4.02. The number of amides is 1. The van der Waals surface area contributed by atoms with Gasteiger partial charge in [0.2, 0.25) is 5.91 Å². The summed E-state index contributed by atoms with van der Waals surface area (Å²) < 4.78 is 0. The fourth-order valence-electron chi connectivity index (χ4n) is 2.68. The highest BCUT2D eigenvalue weighted by Crippen LogP contribution is 2.16. The lowest BCUT2D eigenvalue weighted by molar-refractivity contribution is -0.124. The Hall–Kier alpha value is -1.35. The number of aryl methyl sites for hydroxylation is 3. The molecule has 98 valence electrons. The van der Waals surface area contributed by atoms with E-state index >= 15 is 0 Å². The van der Waals surface area contributed by atoms with E-state index in [2.05, 4.69) is 43.5 Å². The maximum absolute atomic E-state index is 11.7. The van der Waals surface area contributed by atoms with Gasteiger partial charge in [0, 0.05) is 13.1 Å². The fraction of sp³-hybridized carbons (Fsp3) is 0.533. The van der Waals surface area contributed by atoms with Crippen LogP contribution in [0.25, 0.3) is 0 Å². The molecule has 1 saturated heterocycles. The van der Waals surface area contributed by atoms with Gasteiger partial charge >= 0.3 is 0 Å². The molecule has 1 aromatic rings. The Balaban J connectivity index is 2.04. The third-order valence-electron chi connectivity index (χ3n) is 3.65. The molecular formula is C15H22N2O. The SMILES string of the molecule is Cc1cc(C)c(CNC2CCCNC2=O)c(C)c1. The maximum Gasteiger partial charge on any atom is 0.237 e. The van der Waals surface area contributed by atoms with Crippen molar-refractivity contribution in [2.24, 2.45) is 0 Å². The van der Waals surface area contributed by atoms with Crippen LogP contribution < -0.4 is 10.6 Å². The average molecular weight is 246 g/mol. The van der Waals surface area contributed by atoms with E-state index in [1.807, 2.05) is 0 Å². The number of benzene rings is 1. The lowest BCUT2D eigenvalue weighted by atomic mass is 9.99. The third kappa shape index (κ3) is 2.91. The summed E-state index contributed by atoms with van der Waals surface area (Å²) in [5, 5.41) is 6.28. The number of carbonyl (C=O) groups is 1. The van der Waals surface area contributed by atoms with Gasteiger partial charge in [-0.1, -0.05) is 17.7 Å². The van der Waals surface area contributed by atoms with Gasteiger partial charge in [0.25, 0.3) is 0 Å². The molecule has 1 atom stereocenters. The molecule has 1 aromatic carbocycles. The Morgan fingerprint density at radius 3 is 2.56 bits per heavy atom. The van der Waals surface area contributed by atoms with Gasteiger partial charge in [-0.2, -0.15) is 0 Å². The molecule has 3 heteroatoms. The van der Waals surface area contributed by atoms with Crippen molar-refractivity contribution in [3.05, 3.63) is 34.4 Å². The highest BCUT2D eigenvalue weighted by atomic mass is 16.2. The summed E-state index contributed by atoms with van der Waals surface area (Å²) in [5.74, 6) is 0.142. The van der Waals surface area contributed by atoms with Crippen molar-refractivity contribution in [1.82, 2.24) is 10.6 Å². The largest absolute Gasteiger partial charge is 0.355 e. The zero-order valence-corrected chi connectivity index (χ0v) is 11.5. The number of carbonyl (C=O) groups excluding carboxylic acids is 1. The van der Waals surface area contributed by atoms with Crippen molar-refractivity contribution in [3.63, 3.8) is 0 Å². The maximum atomic E-state index is 11.7. The van der Waals surface area contributed by atoms with Gasteiger partial charge in [-0.25, -0.2) is 0 Å². The van der Waals surface area contributed by atoms with Crippen molar-refractivity contribution in [2.75, 3.05) is 6.54 Å². The normalized spacial score (nSPS) is 19.7. The van der Waals surface area contributed by atoms with E-state index in [-0.39, 0.29) is 11.9 Å². The molecule has 0 spiro atoms. The molecular weight excluding hydrogens is 224 g/mol. The average Bonchev–Trinajstić information content (AvgIpc) is 2.30. The van der Waals surface area contributed by atoms with E-state index in [1.54, 1.807) is 0 Å². The van der Waals surface area contributed by atoms with Gasteiger partial charge in [0.1, 0.15) is 0 Å². The molecule has 0 saturated carbocycles. The predicted octanol–water partition coefficient (Wildman–Crippen LogP) is 1.98. The third-order valence-corrected chi connectivity index (χ3v) is 3.65. The van der Waals surface area contributed by atoms with E-state index in [0.717, 1.165) is 25.9 Å². The van der Waals surface area contributed by atoms with Crippen molar-refractivity contribution < 1.29 is 4.79 Å². The lowest BCUT2D eigenvalue weighted by Crippen LogP contribution is -2.48. The summed E-state index contributed by atoms with van der Waals surface area (Å²) in [4.78, 5) is 11.7. The van der Waals surface area contributed by atoms with Crippen LogP contribution in [0.15, 0.2) is 12.1 Å². The first-order valence-corrected chi connectivity index (χ1v) is 6.66. The molecule has 3 nitrogen and oxygen atoms in total. The molecule has 1 aliphatic rings. The minimum atomic E-state index is -0.0288. The first kappa shape index (κ1) is 13.1. The molecule has 1 aliphatic heterocycles. The van der Waals surface area contributed by atoms with Crippen LogP contribution in [0.5, 0.6) is 0 Å². The highest BCUT2D eigenvalue weighted by Gasteiger charge is 2.21. The van der Waals surface area contributed by atoms with Crippen LogP contribution >= 0.6 is 0 Å². The van der Waals surface area contributed by atoms with Crippen LogP contribution in [-0.4, -0.2) is 18.5 Å². The van der Waals surface area contributed by atoms with Crippen LogP contribution in [0, 0.1) is 20.8 Å². The number of rotatable bonds is 3. The summed E-state index contributed by atoms with van der Waals surface area (Å²) in [6.45, 7) is 7.98. The first-order chi connectivity index (χ1) is 8.58. The van der Waals surface area contributed by atoms with E-state index in [0.29, 0.717) is 0 Å². The van der Waals surface area contributed by atoms with Crippen molar-refractivity contribution in [1.29, 1.82) is 0 Å². The summed E-state index contributed by atoms with van der Waals surface area (Å²) in [5.41, 5.74) is 5.22. The molecule has 0 radical (unpaired) electrons. The van der Waals surface area contributed by atoms with Gasteiger partial charge in [-0.05, 0) is 50.3 Å². The summed E-state index contributed by atoms with van der Waals surface area (Å²) in [7, 11) is 0. The Morgan fingerprint density at radius 2 is 1.94 bits per heavy atom. The Bertz CT molecular complexity index is 431. The van der Waals surface area contributed by atoms with E-state index in [9.17, 15) is 4.79 Å². The molecule has 2 rings (SSSR count). The standard InChI is InChI=1S/C15H22N2O/c1-10-7-11(2)13(12(3)8-10)9-17-14-5-4-6-16-15(14)18/h7-8,14,17H,4-6,9H2,1-3H3,(H,16,18). The van der Waals surface area contributed by atoms with Crippen molar-refractivity contribution in [2.45, 2.75) is 46.2 Å². The zero-order chi connectivity index (χ0) is 13.1. The predicted molar refractivity (Wildman–Crippen MR) is 73.5 cm³/mol. The Labute approximate surface area is 109 Å². The smallest absolute Gasteiger partial charge is 0.237 e. The monoisotopic (exact) mass is 246 g/mol. The first-order valence-electron chi connectivity index (χ1n) is 6.66. The molecule has 1 fully saturated rings. The molecule has 18 heavy (non-hydrogen) atoms. The van der Waals surface area contributed by atoms with Crippen LogP contribution in [0.2, 0.25) is 0 Å². The number of hydrogen-bond acceptors (Lipinski definition) is 2. The second-order valence-corrected chi connectivity index (χ2v) is 5.24. The molecule has 1 amide bonds. The topological polar surface area (TPSA) is 41.1 Å². The van der Waals surface area contributed by atoms with Gasteiger partial charge < -0.3 is 10.6 Å². The summed E-state index contributed by atoms with van der Waals surface area (Å²) >= 11 is 0. The van der Waals surface area contributed by atoms with Gasteiger partial charge in [0.15, 0.2) is 0 Å². The summed E-state index contributed by atoms with van der Waals surface area (Å²) in [6, 6.07) is 4.37. The van der Waals surface area contributed by atoms with E-state index in [4.69, 9.17) is 0 Å². The fourth-order valence-corrected chi connectivity index (χ4v) is 2.68.